The number of aromatic nitrogens is 3. The lowest BCUT2D eigenvalue weighted by Gasteiger charge is -2.32. The number of benzene rings is 3. The van der Waals surface area contributed by atoms with Gasteiger partial charge in [-0.25, -0.2) is 0 Å². The molecule has 1 aliphatic heterocycles. The molecule has 0 aliphatic carbocycles. The number of H-pyrrole nitrogens is 1. The molecule has 6 rings (SSSR count). The molecule has 2 aromatic heterocycles. The Morgan fingerprint density at radius 2 is 1.64 bits per heavy atom. The maximum absolute atomic E-state index is 14.5. The van der Waals surface area contributed by atoms with Crippen molar-refractivity contribution in [3.8, 4) is 11.3 Å². The smallest absolute Gasteiger partial charge is 0.245 e. The van der Waals surface area contributed by atoms with Gasteiger partial charge >= 0.3 is 0 Å². The van der Waals surface area contributed by atoms with E-state index in [1.807, 2.05) is 86.2 Å². The molecule has 0 bridgehead atoms. The second-order valence-electron chi connectivity index (χ2n) is 14.0. The van der Waals surface area contributed by atoms with Crippen molar-refractivity contribution in [1.29, 1.82) is 0 Å². The molecular weight excluding hydrogens is 734 g/mol. The summed E-state index contributed by atoms with van der Waals surface area (Å²) in [6, 6.07) is 19.3. The van der Waals surface area contributed by atoms with Crippen molar-refractivity contribution < 1.29 is 14.4 Å². The van der Waals surface area contributed by atoms with E-state index >= 15 is 0 Å². The molecule has 0 radical (unpaired) electrons. The average molecular weight is 784 g/mol. The summed E-state index contributed by atoms with van der Waals surface area (Å²) in [5.41, 5.74) is 16.9. The van der Waals surface area contributed by atoms with Gasteiger partial charge in [-0.3, -0.25) is 19.1 Å². The molecule has 290 valence electrons. The lowest BCUT2D eigenvalue weighted by atomic mass is 10.0. The van der Waals surface area contributed by atoms with E-state index in [4.69, 9.17) is 23.1 Å². The lowest BCUT2D eigenvalue weighted by Crippen LogP contribution is -2.57. The van der Waals surface area contributed by atoms with Crippen molar-refractivity contribution in [3.63, 3.8) is 0 Å². The molecule has 0 saturated carbocycles. The van der Waals surface area contributed by atoms with Crippen LogP contribution in [0.1, 0.15) is 48.8 Å². The highest BCUT2D eigenvalue weighted by atomic mass is 35.5. The summed E-state index contributed by atoms with van der Waals surface area (Å²) in [6.07, 6.45) is 6.78. The topological polar surface area (TPSA) is 176 Å². The number of nitrogens with zero attached hydrogens (tertiary/aromatic N) is 3. The van der Waals surface area contributed by atoms with Crippen LogP contribution < -0.4 is 27.4 Å². The predicted octanol–water partition coefficient (Wildman–Crippen LogP) is 4.88. The van der Waals surface area contributed by atoms with E-state index in [0.717, 1.165) is 48.6 Å². The molecule has 1 aliphatic rings. The van der Waals surface area contributed by atoms with Crippen LogP contribution in [0.4, 0.5) is 0 Å². The summed E-state index contributed by atoms with van der Waals surface area (Å²) in [5, 5.41) is 15.8. The zero-order valence-corrected chi connectivity index (χ0v) is 32.9. The highest BCUT2D eigenvalue weighted by molar-refractivity contribution is 7.99. The van der Waals surface area contributed by atoms with Crippen molar-refractivity contribution in [3.05, 3.63) is 101 Å². The van der Waals surface area contributed by atoms with Gasteiger partial charge in [-0.15, -0.1) is 0 Å². The Kier molecular flexibility index (Phi) is 13.7. The fourth-order valence-corrected chi connectivity index (χ4v) is 8.40. The monoisotopic (exact) mass is 783 g/mol. The third-order valence-electron chi connectivity index (χ3n) is 10.1. The second kappa shape index (κ2) is 18.8. The van der Waals surface area contributed by atoms with Gasteiger partial charge in [0.25, 0.3) is 0 Å². The fourth-order valence-electron chi connectivity index (χ4n) is 6.99. The summed E-state index contributed by atoms with van der Waals surface area (Å²) >= 11 is 8.61. The largest absolute Gasteiger partial charge is 0.361 e. The first-order valence-corrected chi connectivity index (χ1v) is 20.0. The van der Waals surface area contributed by atoms with Gasteiger partial charge in [0.15, 0.2) is 0 Å². The van der Waals surface area contributed by atoms with Crippen molar-refractivity contribution in [2.75, 3.05) is 20.1 Å². The zero-order chi connectivity index (χ0) is 38.9. The molecule has 3 heterocycles. The first kappa shape index (κ1) is 40.0. The molecule has 12 nitrogen and oxygen atoms in total. The SMILES string of the molecule is CN1C(=O)[C@H](CCCCN)NC(=O)[C@H](CCCN)NCc2ccccc2Sc2c(Cl)cc(-c3ccn(C)n3)cc2CNC(=O)[C@@H]1Cc1c[nH]c2ccccc12. The minimum Gasteiger partial charge on any atom is -0.361 e. The fraction of sp³-hybridized carbons (Fsp3) is 0.366. The van der Waals surface area contributed by atoms with Crippen molar-refractivity contribution >= 4 is 52.0 Å². The summed E-state index contributed by atoms with van der Waals surface area (Å²) in [5.74, 6) is -0.986. The van der Waals surface area contributed by atoms with E-state index in [-0.39, 0.29) is 30.7 Å². The standard InChI is InChI=1S/C41H50ClN9O3S/c1-50-19-16-32(49-50)27-20-29-25-47-40(53)36(22-28-24-45-33-12-5-4-11-30(28)33)51(2)41(54)35(13-7-8-17-43)48-39(52)34(14-9-18-44)46-23-26-10-3-6-15-37(26)55-38(29)31(42)21-27/h3-6,10-12,15-16,19-21,24,34-36,45-46H,7-9,13-14,17-18,22-23,25,43-44H2,1-2H3,(H,47,53)(H,48,52)/t34-,35-,36-/m0/s1. The number of aryl methyl sites for hydroxylation is 1. The van der Waals surface area contributed by atoms with E-state index < -0.39 is 18.1 Å². The number of unbranched alkanes of at least 4 members (excludes halogenated alkanes) is 1. The number of carbonyl (C=O) groups excluding carboxylic acids is 3. The van der Waals surface area contributed by atoms with Crippen molar-refractivity contribution in [2.24, 2.45) is 18.5 Å². The van der Waals surface area contributed by atoms with Crippen LogP contribution in [0.15, 0.2) is 88.9 Å². The number of rotatable bonds is 10. The molecule has 55 heavy (non-hydrogen) atoms. The van der Waals surface area contributed by atoms with Gasteiger partial charge in [0.05, 0.1) is 16.8 Å². The minimum atomic E-state index is -0.909. The van der Waals surface area contributed by atoms with Crippen LogP contribution in [0.3, 0.4) is 0 Å². The number of aromatic amines is 1. The lowest BCUT2D eigenvalue weighted by molar-refractivity contribution is -0.142. The molecule has 5 aromatic rings. The van der Waals surface area contributed by atoms with Crippen LogP contribution in [0.5, 0.6) is 0 Å². The number of nitrogens with two attached hydrogens (primary N) is 2. The number of para-hydroxylation sites is 1. The number of hydrogen-bond donors (Lipinski definition) is 6. The number of likely N-dealkylation sites (N-methyl/N-ethyl adjacent to an activating group) is 1. The van der Waals surface area contributed by atoms with E-state index in [2.05, 4.69) is 26.0 Å². The Balaban J connectivity index is 1.44. The van der Waals surface area contributed by atoms with Gasteiger partial charge in [0.2, 0.25) is 17.7 Å². The van der Waals surface area contributed by atoms with E-state index in [1.165, 1.54) is 16.7 Å². The summed E-state index contributed by atoms with van der Waals surface area (Å²) in [4.78, 5) is 49.6. The normalized spacial score (nSPS) is 18.7. The molecule has 0 saturated heterocycles. The van der Waals surface area contributed by atoms with Crippen LogP contribution in [-0.2, 0) is 40.9 Å². The highest BCUT2D eigenvalue weighted by Gasteiger charge is 2.34. The number of fused-ring (bicyclic) bond motifs is 3. The molecule has 8 N–H and O–H groups in total. The average Bonchev–Trinajstić information content (AvgIpc) is 3.82. The Hall–Kier alpha value is -4.66. The van der Waals surface area contributed by atoms with Crippen molar-refractivity contribution in [1.82, 2.24) is 35.6 Å². The summed E-state index contributed by atoms with van der Waals surface area (Å²) in [6.45, 7) is 1.41. The number of nitrogens with one attached hydrogen (secondary N) is 4. The Bertz CT molecular complexity index is 2120. The molecular formula is C41H50ClN9O3S. The predicted molar refractivity (Wildman–Crippen MR) is 218 cm³/mol. The van der Waals surface area contributed by atoms with Gasteiger partial charge in [-0.2, -0.15) is 5.10 Å². The van der Waals surface area contributed by atoms with Crippen molar-refractivity contribution in [2.45, 2.75) is 79.5 Å². The van der Waals surface area contributed by atoms with Gasteiger partial charge in [0.1, 0.15) is 12.1 Å². The molecule has 3 atom stereocenters. The van der Waals surface area contributed by atoms with Gasteiger partial charge in [-0.05, 0) is 92.2 Å². The van der Waals surface area contributed by atoms with Crippen LogP contribution in [-0.4, -0.2) is 75.6 Å². The minimum absolute atomic E-state index is 0.145. The van der Waals surface area contributed by atoms with Gasteiger partial charge < -0.3 is 37.3 Å². The molecule has 14 heteroatoms. The number of halogens is 1. The third kappa shape index (κ3) is 9.78. The van der Waals surface area contributed by atoms with Gasteiger partial charge in [0, 0.05) is 72.3 Å². The maximum atomic E-state index is 14.5. The Labute approximate surface area is 331 Å². The number of amides is 3. The quantitative estimate of drug-likeness (QED) is 0.109. The zero-order valence-electron chi connectivity index (χ0n) is 31.3. The number of carbonyl (C=O) groups is 3. The Morgan fingerprint density at radius 3 is 2.42 bits per heavy atom. The third-order valence-corrected chi connectivity index (χ3v) is 11.8. The van der Waals surface area contributed by atoms with Crippen LogP contribution in [0.2, 0.25) is 5.02 Å². The summed E-state index contributed by atoms with van der Waals surface area (Å²) < 4.78 is 1.73. The van der Waals surface area contributed by atoms with Crippen LogP contribution in [0.25, 0.3) is 22.2 Å². The van der Waals surface area contributed by atoms with E-state index in [9.17, 15) is 14.4 Å². The summed E-state index contributed by atoms with van der Waals surface area (Å²) in [7, 11) is 3.49. The maximum Gasteiger partial charge on any atom is 0.245 e. The van der Waals surface area contributed by atoms with Crippen LogP contribution >= 0.6 is 23.4 Å². The highest BCUT2D eigenvalue weighted by Crippen LogP contribution is 2.40. The Morgan fingerprint density at radius 1 is 0.873 bits per heavy atom. The molecule has 3 aromatic carbocycles. The number of hydrogen-bond acceptors (Lipinski definition) is 8. The molecule has 3 amide bonds. The first-order chi connectivity index (χ1) is 26.7. The first-order valence-electron chi connectivity index (χ1n) is 18.8. The van der Waals surface area contributed by atoms with Gasteiger partial charge in [-0.1, -0.05) is 59.8 Å². The molecule has 0 spiro atoms. The van der Waals surface area contributed by atoms with E-state index in [1.54, 1.807) is 11.7 Å². The van der Waals surface area contributed by atoms with Crippen LogP contribution in [0, 0.1) is 0 Å². The molecule has 0 unspecified atom stereocenters. The van der Waals surface area contributed by atoms with E-state index in [0.29, 0.717) is 56.8 Å². The second-order valence-corrected chi connectivity index (χ2v) is 15.4. The molecule has 0 fully saturated rings.